The molecule has 1 saturated heterocycles. The van der Waals surface area contributed by atoms with Crippen molar-refractivity contribution in [2.75, 3.05) is 56.2 Å². The zero-order chi connectivity index (χ0) is 24.1. The van der Waals surface area contributed by atoms with Crippen LogP contribution in [0.4, 0.5) is 5.69 Å². The summed E-state index contributed by atoms with van der Waals surface area (Å²) >= 11 is 1.92. The Hall–Kier alpha value is -2.84. The highest BCUT2D eigenvalue weighted by Gasteiger charge is 2.22. The number of fused-ring (bicyclic) bond motifs is 1. The second-order valence-corrected chi connectivity index (χ2v) is 9.83. The van der Waals surface area contributed by atoms with Gasteiger partial charge >= 0.3 is 5.97 Å². The van der Waals surface area contributed by atoms with Gasteiger partial charge in [-0.25, -0.2) is 0 Å². The maximum Gasteiger partial charge on any atom is 0.320 e. The van der Waals surface area contributed by atoms with Crippen molar-refractivity contribution < 1.29 is 14.3 Å². The molecule has 1 amide bonds. The van der Waals surface area contributed by atoms with Crippen LogP contribution in [-0.4, -0.2) is 78.9 Å². The van der Waals surface area contributed by atoms with Crippen LogP contribution >= 0.6 is 11.8 Å². The second-order valence-electron chi connectivity index (χ2n) is 8.61. The molecule has 34 heavy (non-hydrogen) atoms. The van der Waals surface area contributed by atoms with Gasteiger partial charge in [0.15, 0.2) is 0 Å². The zero-order valence-electron chi connectivity index (χ0n) is 19.9. The SMILES string of the molecule is CCOC(=O)CN1CCc2ccc(N(C)C(=O)c3ccc(C(=N)N4CCSCC4)cc3)cc2C1. The quantitative estimate of drug-likeness (QED) is 0.389. The number of hydrogen-bond donors (Lipinski definition) is 1. The minimum absolute atomic E-state index is 0.0911. The van der Waals surface area contributed by atoms with Crippen LogP contribution in [0.25, 0.3) is 0 Å². The van der Waals surface area contributed by atoms with E-state index in [2.05, 4.69) is 15.9 Å². The molecule has 0 aliphatic carbocycles. The number of benzene rings is 2. The van der Waals surface area contributed by atoms with E-state index in [1.54, 1.807) is 24.1 Å². The van der Waals surface area contributed by atoms with Crippen molar-refractivity contribution in [2.24, 2.45) is 0 Å². The third kappa shape index (κ3) is 5.62. The number of nitrogens with one attached hydrogen (secondary N) is 1. The second kappa shape index (κ2) is 11.1. The molecule has 4 rings (SSSR count). The number of nitrogens with zero attached hydrogens (tertiary/aromatic N) is 3. The number of amides is 1. The average Bonchev–Trinajstić information content (AvgIpc) is 2.87. The van der Waals surface area contributed by atoms with Gasteiger partial charge in [0.25, 0.3) is 5.91 Å². The van der Waals surface area contributed by atoms with Crippen molar-refractivity contribution >= 4 is 35.2 Å². The molecule has 1 N–H and O–H groups in total. The first-order valence-electron chi connectivity index (χ1n) is 11.8. The molecule has 1 fully saturated rings. The van der Waals surface area contributed by atoms with Crippen molar-refractivity contribution in [2.45, 2.75) is 19.9 Å². The molecule has 2 aliphatic rings. The molecule has 2 aromatic rings. The third-order valence-electron chi connectivity index (χ3n) is 6.36. The van der Waals surface area contributed by atoms with E-state index in [1.807, 2.05) is 43.0 Å². The summed E-state index contributed by atoms with van der Waals surface area (Å²) < 4.78 is 5.08. The summed E-state index contributed by atoms with van der Waals surface area (Å²) in [5.74, 6) is 2.32. The Morgan fingerprint density at radius 1 is 1.03 bits per heavy atom. The van der Waals surface area contributed by atoms with Crippen LogP contribution in [0.1, 0.15) is 34.0 Å². The molecule has 0 spiro atoms. The lowest BCUT2D eigenvalue weighted by molar-refractivity contribution is -0.144. The van der Waals surface area contributed by atoms with Crippen LogP contribution < -0.4 is 4.90 Å². The number of thioether (sulfide) groups is 1. The molecule has 0 aromatic heterocycles. The highest BCUT2D eigenvalue weighted by molar-refractivity contribution is 7.99. The smallest absolute Gasteiger partial charge is 0.320 e. The molecule has 7 nitrogen and oxygen atoms in total. The number of rotatable bonds is 6. The standard InChI is InChI=1S/C26H32N4O3S/c1-3-33-24(31)18-29-11-10-19-8-9-23(16-22(19)17-29)28(2)26(32)21-6-4-20(5-7-21)25(27)30-12-14-34-15-13-30/h4-9,16,27H,3,10-15,17-18H2,1-2H3. The Balaban J connectivity index is 1.42. The Kier molecular flexibility index (Phi) is 7.90. The summed E-state index contributed by atoms with van der Waals surface area (Å²) in [5.41, 5.74) is 4.64. The lowest BCUT2D eigenvalue weighted by atomic mass is 9.98. The first-order valence-corrected chi connectivity index (χ1v) is 12.9. The van der Waals surface area contributed by atoms with E-state index < -0.39 is 0 Å². The fourth-order valence-electron chi connectivity index (χ4n) is 4.39. The van der Waals surface area contributed by atoms with Crippen LogP contribution in [-0.2, 0) is 22.5 Å². The fourth-order valence-corrected chi connectivity index (χ4v) is 5.29. The largest absolute Gasteiger partial charge is 0.465 e. The molecule has 2 heterocycles. The summed E-state index contributed by atoms with van der Waals surface area (Å²) in [6, 6.07) is 13.5. The lowest BCUT2D eigenvalue weighted by Crippen LogP contribution is -2.37. The van der Waals surface area contributed by atoms with Gasteiger partial charge in [-0.15, -0.1) is 0 Å². The lowest BCUT2D eigenvalue weighted by Gasteiger charge is -2.29. The first-order chi connectivity index (χ1) is 16.5. The molecule has 180 valence electrons. The van der Waals surface area contributed by atoms with Gasteiger partial charge < -0.3 is 14.5 Å². The minimum Gasteiger partial charge on any atom is -0.465 e. The minimum atomic E-state index is -0.204. The van der Waals surface area contributed by atoms with Crippen LogP contribution in [0.3, 0.4) is 0 Å². The van der Waals surface area contributed by atoms with E-state index in [0.717, 1.165) is 54.4 Å². The molecule has 0 unspecified atom stereocenters. The fraction of sp³-hybridized carbons (Fsp3) is 0.423. The number of amidine groups is 1. The normalized spacial score (nSPS) is 16.0. The molecule has 2 aromatic carbocycles. The summed E-state index contributed by atoms with van der Waals surface area (Å²) in [5, 5.41) is 8.48. The van der Waals surface area contributed by atoms with Crippen molar-refractivity contribution in [3.8, 4) is 0 Å². The van der Waals surface area contributed by atoms with Gasteiger partial charge in [-0.1, -0.05) is 18.2 Å². The van der Waals surface area contributed by atoms with Crippen molar-refractivity contribution in [3.63, 3.8) is 0 Å². The molecule has 0 atom stereocenters. The highest BCUT2D eigenvalue weighted by atomic mass is 32.2. The van der Waals surface area contributed by atoms with Crippen molar-refractivity contribution in [1.29, 1.82) is 5.41 Å². The van der Waals surface area contributed by atoms with Crippen molar-refractivity contribution in [3.05, 3.63) is 64.7 Å². The molecule has 0 radical (unpaired) electrons. The van der Waals surface area contributed by atoms with Gasteiger partial charge in [0.1, 0.15) is 5.84 Å². The van der Waals surface area contributed by atoms with E-state index in [0.29, 0.717) is 24.6 Å². The highest BCUT2D eigenvalue weighted by Crippen LogP contribution is 2.25. The van der Waals surface area contributed by atoms with Gasteiger partial charge in [0, 0.05) is 61.5 Å². The molecule has 2 aliphatic heterocycles. The van der Waals surface area contributed by atoms with Crippen LogP contribution in [0.5, 0.6) is 0 Å². The summed E-state index contributed by atoms with van der Waals surface area (Å²) in [7, 11) is 1.78. The third-order valence-corrected chi connectivity index (χ3v) is 7.31. The Morgan fingerprint density at radius 3 is 2.44 bits per heavy atom. The Morgan fingerprint density at radius 2 is 1.74 bits per heavy atom. The Bertz CT molecular complexity index is 1050. The van der Waals surface area contributed by atoms with E-state index in [9.17, 15) is 9.59 Å². The predicted octanol–water partition coefficient (Wildman–Crippen LogP) is 3.26. The molecule has 8 heteroatoms. The number of hydrogen-bond acceptors (Lipinski definition) is 6. The van der Waals surface area contributed by atoms with Gasteiger partial charge in [0.2, 0.25) is 0 Å². The Labute approximate surface area is 205 Å². The number of anilines is 1. The van der Waals surface area contributed by atoms with E-state index in [1.165, 1.54) is 5.56 Å². The summed E-state index contributed by atoms with van der Waals surface area (Å²) in [6.45, 7) is 5.75. The van der Waals surface area contributed by atoms with Gasteiger partial charge in [-0.2, -0.15) is 11.8 Å². The number of carbonyl (C=O) groups excluding carboxylic acids is 2. The molecule has 0 saturated carbocycles. The molecular weight excluding hydrogens is 448 g/mol. The summed E-state index contributed by atoms with van der Waals surface area (Å²) in [4.78, 5) is 30.9. The number of ether oxygens (including phenoxy) is 1. The van der Waals surface area contributed by atoms with Crippen LogP contribution in [0, 0.1) is 5.41 Å². The van der Waals surface area contributed by atoms with Crippen molar-refractivity contribution in [1.82, 2.24) is 9.80 Å². The van der Waals surface area contributed by atoms with Gasteiger partial charge in [0.05, 0.1) is 13.2 Å². The van der Waals surface area contributed by atoms with Crippen LogP contribution in [0.15, 0.2) is 42.5 Å². The topological polar surface area (TPSA) is 76.9 Å². The average molecular weight is 481 g/mol. The van der Waals surface area contributed by atoms with E-state index in [4.69, 9.17) is 10.1 Å². The zero-order valence-corrected chi connectivity index (χ0v) is 20.7. The maximum atomic E-state index is 13.2. The number of carbonyl (C=O) groups is 2. The summed E-state index contributed by atoms with van der Waals surface area (Å²) in [6.07, 6.45) is 0.871. The van der Waals surface area contributed by atoms with Gasteiger partial charge in [-0.05, 0) is 48.7 Å². The first kappa shape index (κ1) is 24.3. The monoisotopic (exact) mass is 480 g/mol. The van der Waals surface area contributed by atoms with Crippen LogP contribution in [0.2, 0.25) is 0 Å². The van der Waals surface area contributed by atoms with E-state index in [-0.39, 0.29) is 18.4 Å². The maximum absolute atomic E-state index is 13.2. The van der Waals surface area contributed by atoms with Gasteiger partial charge in [-0.3, -0.25) is 19.9 Å². The van der Waals surface area contributed by atoms with E-state index >= 15 is 0 Å². The molecule has 0 bridgehead atoms. The predicted molar refractivity (Wildman–Crippen MR) is 137 cm³/mol. The molecular formula is C26H32N4O3S. The number of esters is 1.